The maximum atomic E-state index is 14.3. The van der Waals surface area contributed by atoms with Crippen LogP contribution in [-0.4, -0.2) is 64.6 Å². The first-order valence-electron chi connectivity index (χ1n) is 15.9. The van der Waals surface area contributed by atoms with Crippen LogP contribution in [0, 0.1) is 29.3 Å². The number of benzene rings is 2. The molecule has 0 amide bonds. The van der Waals surface area contributed by atoms with E-state index in [0.29, 0.717) is 23.8 Å². The van der Waals surface area contributed by atoms with Crippen LogP contribution in [0.25, 0.3) is 0 Å². The zero-order chi connectivity index (χ0) is 31.5. The number of piperidine rings is 1. The molecule has 238 valence electrons. The fourth-order valence-corrected chi connectivity index (χ4v) is 8.95. The van der Waals surface area contributed by atoms with Gasteiger partial charge in [0, 0.05) is 30.0 Å². The topological polar surface area (TPSA) is 56.7 Å². The molecule has 5 rings (SSSR count). The fourth-order valence-electron chi connectivity index (χ4n) is 7.59. The van der Waals surface area contributed by atoms with Gasteiger partial charge in [-0.15, -0.1) is 11.3 Å². The molecule has 1 saturated carbocycles. The number of aliphatic carboxylic acids is 1. The molecule has 4 atom stereocenters. The lowest BCUT2D eigenvalue weighted by Gasteiger charge is -2.35. The molecule has 2 aromatic carbocycles. The van der Waals surface area contributed by atoms with Crippen LogP contribution >= 0.6 is 11.3 Å². The number of hydrogen-bond donors (Lipinski definition) is 1. The Labute approximate surface area is 263 Å². The van der Waals surface area contributed by atoms with E-state index in [1.807, 2.05) is 31.9 Å². The molecule has 2 fully saturated rings. The summed E-state index contributed by atoms with van der Waals surface area (Å²) in [6.07, 6.45) is 4.97. The Morgan fingerprint density at radius 3 is 2.39 bits per heavy atom. The van der Waals surface area contributed by atoms with E-state index in [1.54, 1.807) is 23.5 Å². The van der Waals surface area contributed by atoms with Crippen molar-refractivity contribution in [1.82, 2.24) is 14.8 Å². The van der Waals surface area contributed by atoms with E-state index in [0.717, 1.165) is 74.1 Å². The first-order valence-corrected chi connectivity index (χ1v) is 16.7. The van der Waals surface area contributed by atoms with Crippen LogP contribution in [0.1, 0.15) is 85.0 Å². The molecule has 1 aliphatic heterocycles. The monoisotopic (exact) mass is 627 g/mol. The maximum absolute atomic E-state index is 14.3. The number of likely N-dealkylation sites (tertiary alicyclic amines) is 1. The highest BCUT2D eigenvalue weighted by atomic mass is 32.1. The van der Waals surface area contributed by atoms with Crippen molar-refractivity contribution < 1.29 is 23.1 Å². The summed E-state index contributed by atoms with van der Waals surface area (Å²) in [5.74, 6) is -1.31. The standard InChI is InChI=1S/C35H44F3N3O2S/c1-5-31-34(44-32(39-31)15-22-13-27(37)18-28(38)14-22)23-9-11-41(12-10-23)20-25-17-29(40(4)33(21(2)3)35(42)43)19-30(25)24-7-6-8-26(36)16-24/h6-8,13-14,16,18,21,23,25,29-30,33H,5,9-12,15,17,19-20H2,1-4H3,(H,42,43)/t25?,29?,30?,33-/m1/s1. The minimum Gasteiger partial charge on any atom is -0.480 e. The van der Waals surface area contributed by atoms with Crippen molar-refractivity contribution in [2.75, 3.05) is 26.7 Å². The van der Waals surface area contributed by atoms with E-state index in [4.69, 9.17) is 4.98 Å². The maximum Gasteiger partial charge on any atom is 0.321 e. The third-order valence-electron chi connectivity index (χ3n) is 9.68. The Morgan fingerprint density at radius 2 is 1.77 bits per heavy atom. The Kier molecular flexibility index (Phi) is 10.5. The number of carboxylic acid groups (broad SMARTS) is 1. The number of thiazole rings is 1. The minimum absolute atomic E-state index is 0.0153. The number of aryl methyl sites for hydroxylation is 1. The highest BCUT2D eigenvalue weighted by molar-refractivity contribution is 7.11. The van der Waals surface area contributed by atoms with Gasteiger partial charge < -0.3 is 10.0 Å². The van der Waals surface area contributed by atoms with Crippen molar-refractivity contribution in [2.24, 2.45) is 11.8 Å². The number of carbonyl (C=O) groups is 1. The van der Waals surface area contributed by atoms with E-state index in [9.17, 15) is 23.1 Å². The summed E-state index contributed by atoms with van der Waals surface area (Å²) in [7, 11) is 1.93. The molecule has 0 spiro atoms. The third kappa shape index (κ3) is 7.54. The first kappa shape index (κ1) is 32.6. The van der Waals surface area contributed by atoms with Gasteiger partial charge in [0.15, 0.2) is 0 Å². The molecule has 3 aromatic rings. The minimum atomic E-state index is -0.795. The Hall–Kier alpha value is -2.75. The van der Waals surface area contributed by atoms with Gasteiger partial charge in [0.25, 0.3) is 0 Å². The summed E-state index contributed by atoms with van der Waals surface area (Å²) in [5, 5.41) is 10.8. The predicted octanol–water partition coefficient (Wildman–Crippen LogP) is 7.50. The van der Waals surface area contributed by atoms with Gasteiger partial charge >= 0.3 is 5.97 Å². The van der Waals surface area contributed by atoms with Gasteiger partial charge in [-0.05, 0) is 111 Å². The molecule has 1 aliphatic carbocycles. The average Bonchev–Trinajstić information content (AvgIpc) is 3.57. The molecular weight excluding hydrogens is 583 g/mol. The van der Waals surface area contributed by atoms with E-state index >= 15 is 0 Å². The summed E-state index contributed by atoms with van der Waals surface area (Å²) >= 11 is 1.68. The number of likely N-dealkylation sites (N-methyl/N-ethyl adjacent to an activating group) is 1. The second kappa shape index (κ2) is 14.1. The number of rotatable bonds is 11. The second-order valence-electron chi connectivity index (χ2n) is 13.0. The first-order chi connectivity index (χ1) is 21.0. The van der Waals surface area contributed by atoms with Crippen LogP contribution in [0.3, 0.4) is 0 Å². The van der Waals surface area contributed by atoms with Gasteiger partial charge in [-0.3, -0.25) is 9.69 Å². The molecule has 0 radical (unpaired) electrons. The van der Waals surface area contributed by atoms with Gasteiger partial charge in [0.1, 0.15) is 23.5 Å². The van der Waals surface area contributed by atoms with Crippen molar-refractivity contribution in [3.8, 4) is 0 Å². The molecule has 1 saturated heterocycles. The van der Waals surface area contributed by atoms with Gasteiger partial charge in [-0.2, -0.15) is 0 Å². The van der Waals surface area contributed by atoms with Crippen LogP contribution < -0.4 is 0 Å². The SMILES string of the molecule is CCc1nc(Cc2cc(F)cc(F)c2)sc1C1CCN(CC2CC(N(C)[C@@H](C(=O)O)C(C)C)CC2c2cccc(F)c2)CC1. The van der Waals surface area contributed by atoms with E-state index in [-0.39, 0.29) is 23.7 Å². The Morgan fingerprint density at radius 1 is 1.07 bits per heavy atom. The van der Waals surface area contributed by atoms with Crippen LogP contribution in [-0.2, 0) is 17.6 Å². The molecule has 3 unspecified atom stereocenters. The molecule has 2 heterocycles. The van der Waals surface area contributed by atoms with Gasteiger partial charge in [0.2, 0.25) is 0 Å². The molecular formula is C35H44F3N3O2S. The number of halogens is 3. The van der Waals surface area contributed by atoms with Crippen molar-refractivity contribution in [2.45, 2.75) is 83.2 Å². The lowest BCUT2D eigenvalue weighted by Crippen LogP contribution is -2.47. The zero-order valence-electron chi connectivity index (χ0n) is 26.1. The van der Waals surface area contributed by atoms with Gasteiger partial charge in [0.05, 0.1) is 10.7 Å². The zero-order valence-corrected chi connectivity index (χ0v) is 26.9. The largest absolute Gasteiger partial charge is 0.480 e. The summed E-state index contributed by atoms with van der Waals surface area (Å²) in [6.45, 7) is 8.81. The van der Waals surface area contributed by atoms with Crippen LogP contribution in [0.4, 0.5) is 13.2 Å². The van der Waals surface area contributed by atoms with E-state index in [2.05, 4.69) is 11.8 Å². The molecule has 1 aromatic heterocycles. The summed E-state index contributed by atoms with van der Waals surface area (Å²) in [6, 6.07) is 10.1. The number of hydrogen-bond acceptors (Lipinski definition) is 5. The second-order valence-corrected chi connectivity index (χ2v) is 14.2. The smallest absolute Gasteiger partial charge is 0.321 e. The van der Waals surface area contributed by atoms with Crippen LogP contribution in [0.2, 0.25) is 0 Å². The number of nitrogens with zero attached hydrogens (tertiary/aromatic N) is 3. The highest BCUT2D eigenvalue weighted by Crippen LogP contribution is 2.44. The molecule has 9 heteroatoms. The van der Waals surface area contributed by atoms with E-state index in [1.165, 1.54) is 23.1 Å². The average molecular weight is 628 g/mol. The molecule has 1 N–H and O–H groups in total. The summed E-state index contributed by atoms with van der Waals surface area (Å²) in [5.41, 5.74) is 2.68. The lowest BCUT2D eigenvalue weighted by molar-refractivity contribution is -0.145. The van der Waals surface area contributed by atoms with Crippen molar-refractivity contribution in [1.29, 1.82) is 0 Å². The van der Waals surface area contributed by atoms with Gasteiger partial charge in [-0.1, -0.05) is 32.9 Å². The fraction of sp³-hybridized carbons (Fsp3) is 0.543. The number of aromatic nitrogens is 1. The number of carboxylic acids is 1. The highest BCUT2D eigenvalue weighted by Gasteiger charge is 2.42. The lowest BCUT2D eigenvalue weighted by atomic mass is 9.87. The molecule has 0 bridgehead atoms. The van der Waals surface area contributed by atoms with E-state index < -0.39 is 23.6 Å². The quantitative estimate of drug-likeness (QED) is 0.239. The van der Waals surface area contributed by atoms with Crippen LogP contribution in [0.5, 0.6) is 0 Å². The van der Waals surface area contributed by atoms with Crippen LogP contribution in [0.15, 0.2) is 42.5 Å². The van der Waals surface area contributed by atoms with Crippen molar-refractivity contribution >= 4 is 17.3 Å². The van der Waals surface area contributed by atoms with Gasteiger partial charge in [-0.25, -0.2) is 18.2 Å². The summed E-state index contributed by atoms with van der Waals surface area (Å²) in [4.78, 5) is 22.8. The predicted molar refractivity (Wildman–Crippen MR) is 169 cm³/mol. The van der Waals surface area contributed by atoms with Crippen molar-refractivity contribution in [3.05, 3.63) is 86.6 Å². The third-order valence-corrected chi connectivity index (χ3v) is 10.9. The summed E-state index contributed by atoms with van der Waals surface area (Å²) < 4.78 is 41.8. The molecule has 44 heavy (non-hydrogen) atoms. The molecule has 2 aliphatic rings. The Bertz CT molecular complexity index is 1420. The van der Waals surface area contributed by atoms with Crippen molar-refractivity contribution in [3.63, 3.8) is 0 Å². The molecule has 5 nitrogen and oxygen atoms in total. The Balaban J connectivity index is 1.26. The normalized spacial score (nSPS) is 22.2.